The van der Waals surface area contributed by atoms with Gasteiger partial charge >= 0.3 is 6.09 Å². The minimum absolute atomic E-state index is 0.251. The Morgan fingerprint density at radius 3 is 2.58 bits per heavy atom. The Morgan fingerprint density at radius 1 is 1.19 bits per heavy atom. The van der Waals surface area contributed by atoms with E-state index in [1.807, 2.05) is 6.92 Å². The number of carbonyl (C=O) groups is 1. The van der Waals surface area contributed by atoms with Crippen LogP contribution in [0.5, 0.6) is 11.5 Å². The average Bonchev–Trinajstić information content (AvgIpc) is 3.08. The van der Waals surface area contributed by atoms with Crippen molar-refractivity contribution in [3.05, 3.63) is 59.3 Å². The van der Waals surface area contributed by atoms with Crippen molar-refractivity contribution in [1.82, 2.24) is 15.0 Å². The summed E-state index contributed by atoms with van der Waals surface area (Å²) in [5.74, 6) is 0.797. The predicted octanol–water partition coefficient (Wildman–Crippen LogP) is 3.59. The van der Waals surface area contributed by atoms with E-state index < -0.39 is 6.09 Å². The Morgan fingerprint density at radius 2 is 1.96 bits per heavy atom. The largest absolute Gasteiger partial charge is 0.494 e. The molecule has 1 N–H and O–H groups in total. The van der Waals surface area contributed by atoms with E-state index in [9.17, 15) is 9.70 Å². The van der Waals surface area contributed by atoms with Crippen molar-refractivity contribution in [3.63, 3.8) is 0 Å². The maximum Gasteiger partial charge on any atom is 0.417 e. The van der Waals surface area contributed by atoms with Crippen LogP contribution in [0.15, 0.2) is 53.8 Å². The molecule has 3 aromatic rings. The number of aryl methyl sites for hydroxylation is 1. The summed E-state index contributed by atoms with van der Waals surface area (Å²) >= 11 is 0. The fourth-order valence-corrected chi connectivity index (χ4v) is 2.24. The van der Waals surface area contributed by atoms with E-state index in [0.717, 1.165) is 5.69 Å². The standard InChI is InChI=1S/C17H15N5O4/c1-11-10-22(21-19-11)15-8-5-13(9-16(15)25-2)18-17(23)26-14-6-3-12(20-24)4-7-14/h3-10H,1-2H3,(H,18,23). The van der Waals surface area contributed by atoms with E-state index in [4.69, 9.17) is 9.47 Å². The highest BCUT2D eigenvalue weighted by Gasteiger charge is 2.11. The van der Waals surface area contributed by atoms with Crippen LogP contribution in [0.25, 0.3) is 5.69 Å². The van der Waals surface area contributed by atoms with Crippen molar-refractivity contribution in [3.8, 4) is 17.2 Å². The average molecular weight is 353 g/mol. The highest BCUT2D eigenvalue weighted by atomic mass is 16.6. The molecular weight excluding hydrogens is 338 g/mol. The van der Waals surface area contributed by atoms with Crippen LogP contribution in [0.4, 0.5) is 16.2 Å². The van der Waals surface area contributed by atoms with Crippen molar-refractivity contribution in [2.45, 2.75) is 6.92 Å². The van der Waals surface area contributed by atoms with E-state index in [1.54, 1.807) is 29.1 Å². The van der Waals surface area contributed by atoms with Crippen LogP contribution < -0.4 is 14.8 Å². The highest BCUT2D eigenvalue weighted by molar-refractivity contribution is 5.87. The number of benzene rings is 2. The van der Waals surface area contributed by atoms with Gasteiger partial charge in [-0.2, -0.15) is 0 Å². The lowest BCUT2D eigenvalue weighted by atomic mass is 10.2. The van der Waals surface area contributed by atoms with Crippen molar-refractivity contribution in [2.75, 3.05) is 12.4 Å². The Labute approximate surface area is 148 Å². The van der Waals surface area contributed by atoms with Crippen molar-refractivity contribution in [2.24, 2.45) is 5.18 Å². The molecule has 0 aliphatic carbocycles. The Kier molecular flexibility index (Phi) is 4.88. The summed E-state index contributed by atoms with van der Waals surface area (Å²) in [5, 5.41) is 13.3. The minimum Gasteiger partial charge on any atom is -0.494 e. The molecule has 0 spiro atoms. The number of methoxy groups -OCH3 is 1. The summed E-state index contributed by atoms with van der Waals surface area (Å²) in [7, 11) is 1.52. The van der Waals surface area contributed by atoms with Gasteiger partial charge in [0, 0.05) is 11.8 Å². The molecule has 2 aromatic carbocycles. The first-order chi connectivity index (χ1) is 12.6. The van der Waals surface area contributed by atoms with E-state index >= 15 is 0 Å². The number of rotatable bonds is 5. The second kappa shape index (κ2) is 7.43. The van der Waals surface area contributed by atoms with Crippen LogP contribution in [0.2, 0.25) is 0 Å². The topological polar surface area (TPSA) is 108 Å². The highest BCUT2D eigenvalue weighted by Crippen LogP contribution is 2.26. The Bertz CT molecular complexity index is 937. The molecule has 0 atom stereocenters. The maximum atomic E-state index is 12.0. The first kappa shape index (κ1) is 17.1. The second-order valence-electron chi connectivity index (χ2n) is 5.29. The molecule has 0 aliphatic heterocycles. The van der Waals surface area contributed by atoms with Crippen molar-refractivity contribution >= 4 is 17.5 Å². The van der Waals surface area contributed by atoms with E-state index in [2.05, 4.69) is 20.8 Å². The van der Waals surface area contributed by atoms with Gasteiger partial charge in [-0.3, -0.25) is 5.32 Å². The maximum absolute atomic E-state index is 12.0. The molecule has 0 fully saturated rings. The lowest BCUT2D eigenvalue weighted by Crippen LogP contribution is -2.16. The Hall–Kier alpha value is -3.75. The first-order valence-corrected chi connectivity index (χ1v) is 7.58. The van der Waals surface area contributed by atoms with Crippen molar-refractivity contribution in [1.29, 1.82) is 0 Å². The van der Waals surface area contributed by atoms with Gasteiger partial charge in [0.15, 0.2) is 0 Å². The van der Waals surface area contributed by atoms with Crippen LogP contribution in [0, 0.1) is 11.8 Å². The zero-order valence-corrected chi connectivity index (χ0v) is 14.0. The SMILES string of the molecule is COc1cc(NC(=O)Oc2ccc(N=O)cc2)ccc1-n1cc(C)nn1. The summed E-state index contributed by atoms with van der Waals surface area (Å²) in [6.07, 6.45) is 1.08. The van der Waals surface area contributed by atoms with Crippen LogP contribution >= 0.6 is 0 Å². The molecule has 3 rings (SSSR count). The first-order valence-electron chi connectivity index (χ1n) is 7.58. The van der Waals surface area contributed by atoms with Gasteiger partial charge in [0.1, 0.15) is 22.9 Å². The molecule has 0 unspecified atom stereocenters. The molecule has 0 aliphatic rings. The van der Waals surface area contributed by atoms with Crippen LogP contribution in [0.1, 0.15) is 5.69 Å². The van der Waals surface area contributed by atoms with Gasteiger partial charge in [0.05, 0.1) is 19.0 Å². The molecular formula is C17H15N5O4. The van der Waals surface area contributed by atoms with Crippen molar-refractivity contribution < 1.29 is 14.3 Å². The number of anilines is 1. The number of amides is 1. The van der Waals surface area contributed by atoms with Gasteiger partial charge < -0.3 is 9.47 Å². The quantitative estimate of drug-likeness (QED) is 0.702. The summed E-state index contributed by atoms with van der Waals surface area (Å²) < 4.78 is 12.1. The number of hydrogen-bond acceptors (Lipinski definition) is 7. The third kappa shape index (κ3) is 3.83. The number of hydrogen-bond donors (Lipinski definition) is 1. The second-order valence-corrected chi connectivity index (χ2v) is 5.29. The minimum atomic E-state index is -0.678. The monoisotopic (exact) mass is 353 g/mol. The molecule has 9 nitrogen and oxygen atoms in total. The number of ether oxygens (including phenoxy) is 2. The van der Waals surface area contributed by atoms with Crippen LogP contribution in [-0.4, -0.2) is 28.2 Å². The summed E-state index contributed by atoms with van der Waals surface area (Å²) in [6.45, 7) is 1.83. The molecule has 0 radical (unpaired) electrons. The van der Waals surface area contributed by atoms with Gasteiger partial charge in [0.25, 0.3) is 0 Å². The smallest absolute Gasteiger partial charge is 0.417 e. The fourth-order valence-electron chi connectivity index (χ4n) is 2.24. The molecule has 0 saturated heterocycles. The third-order valence-corrected chi connectivity index (χ3v) is 3.43. The molecule has 0 saturated carbocycles. The molecule has 1 amide bonds. The molecule has 0 bridgehead atoms. The number of aromatic nitrogens is 3. The molecule has 1 aromatic heterocycles. The van der Waals surface area contributed by atoms with Gasteiger partial charge in [0.2, 0.25) is 0 Å². The number of nitroso groups, excluding NO2 is 1. The number of carbonyl (C=O) groups excluding carboxylic acids is 1. The summed E-state index contributed by atoms with van der Waals surface area (Å²) in [5.41, 5.74) is 2.19. The lowest BCUT2D eigenvalue weighted by molar-refractivity contribution is 0.215. The molecule has 26 heavy (non-hydrogen) atoms. The molecule has 1 heterocycles. The molecule has 132 valence electrons. The Balaban J connectivity index is 1.72. The van der Waals surface area contributed by atoms with E-state index in [1.165, 1.54) is 31.4 Å². The lowest BCUT2D eigenvalue weighted by Gasteiger charge is -2.11. The fraction of sp³-hybridized carbons (Fsp3) is 0.118. The summed E-state index contributed by atoms with van der Waals surface area (Å²) in [6, 6.07) is 10.9. The zero-order valence-electron chi connectivity index (χ0n) is 14.0. The van der Waals surface area contributed by atoms with E-state index in [0.29, 0.717) is 17.1 Å². The van der Waals surface area contributed by atoms with Gasteiger partial charge in [-0.15, -0.1) is 10.0 Å². The van der Waals surface area contributed by atoms with E-state index in [-0.39, 0.29) is 11.4 Å². The van der Waals surface area contributed by atoms with Gasteiger partial charge in [-0.25, -0.2) is 9.48 Å². The normalized spacial score (nSPS) is 10.2. The zero-order chi connectivity index (χ0) is 18.5. The van der Waals surface area contributed by atoms with Gasteiger partial charge in [-0.05, 0) is 48.5 Å². The van der Waals surface area contributed by atoms with Gasteiger partial charge in [-0.1, -0.05) is 5.21 Å². The predicted molar refractivity (Wildman–Crippen MR) is 94.2 cm³/mol. The third-order valence-electron chi connectivity index (χ3n) is 3.43. The summed E-state index contributed by atoms with van der Waals surface area (Å²) in [4.78, 5) is 22.4. The van der Waals surface area contributed by atoms with Crippen LogP contribution in [-0.2, 0) is 0 Å². The molecule has 9 heteroatoms. The number of nitrogens with zero attached hydrogens (tertiary/aromatic N) is 4. The number of nitrogens with one attached hydrogen (secondary N) is 1. The van der Waals surface area contributed by atoms with Crippen LogP contribution in [0.3, 0.4) is 0 Å².